The van der Waals surface area contributed by atoms with Gasteiger partial charge < -0.3 is 32.6 Å². The monoisotopic (exact) mass is 731 g/mol. The topological polar surface area (TPSA) is 123 Å². The van der Waals surface area contributed by atoms with Crippen LogP contribution in [0.4, 0.5) is 33.6 Å². The number of halogens is 5. The van der Waals surface area contributed by atoms with E-state index < -0.39 is 40.7 Å². The summed E-state index contributed by atoms with van der Waals surface area (Å²) >= 11 is 0. The van der Waals surface area contributed by atoms with Crippen LogP contribution in [0.15, 0.2) is 6.07 Å². The van der Waals surface area contributed by atoms with Gasteiger partial charge in [-0.3, -0.25) is 4.90 Å². The van der Waals surface area contributed by atoms with Crippen molar-refractivity contribution in [3.05, 3.63) is 30.6 Å². The summed E-state index contributed by atoms with van der Waals surface area (Å²) in [7, 11) is 1.27. The summed E-state index contributed by atoms with van der Waals surface area (Å²) in [6.45, 7) is 3.24. The first kappa shape index (κ1) is 35.9. The number of anilines is 2. The Kier molecular flexibility index (Phi) is 12.3. The Morgan fingerprint density at radius 1 is 1.19 bits per heavy atom. The fraction of sp³-hybridized carbons (Fsp3) is 0.519. The number of nitrogen functional groups attached to an aromatic ring is 1. The van der Waals surface area contributed by atoms with Crippen LogP contribution < -0.4 is 89.0 Å². The number of aliphatic hydroxyl groups excluding tert-OH is 1. The first-order valence-electron chi connectivity index (χ1n) is 13.2. The number of β-amino-alcohol motifs (C(OH)–C–C–N with tert-alkyl or cyclic N) is 1. The number of pyridine rings is 2. The molecule has 43 heavy (non-hydrogen) atoms. The maximum absolute atomic E-state index is 15.7. The van der Waals surface area contributed by atoms with Crippen LogP contribution in [0, 0.1) is 20.2 Å². The van der Waals surface area contributed by atoms with Crippen LogP contribution in [-0.4, -0.2) is 88.7 Å². The summed E-state index contributed by atoms with van der Waals surface area (Å²) in [4.78, 5) is 19.9. The number of nitrogens with zero attached hydrogens (tertiary/aromatic N) is 6. The molecule has 0 radical (unpaired) electrons. The van der Waals surface area contributed by atoms with Crippen LogP contribution in [0.5, 0.6) is 11.9 Å². The molecule has 16 heteroatoms. The first-order valence-corrected chi connectivity index (χ1v) is 13.2. The number of nitrogens with two attached hydrogens (primary N) is 1. The summed E-state index contributed by atoms with van der Waals surface area (Å²) in [5, 5.41) is 9.44. The molecule has 2 fully saturated rings. The molecule has 3 aromatic heterocycles. The van der Waals surface area contributed by atoms with E-state index in [1.54, 1.807) is 4.90 Å². The van der Waals surface area contributed by atoms with Crippen molar-refractivity contribution in [3.63, 3.8) is 0 Å². The molecule has 0 aliphatic carbocycles. The Balaban J connectivity index is 0.000000391. The molecule has 10 nitrogen and oxygen atoms in total. The van der Waals surface area contributed by atoms with Crippen molar-refractivity contribution in [2.45, 2.75) is 44.6 Å². The van der Waals surface area contributed by atoms with Crippen molar-refractivity contribution in [2.24, 2.45) is 0 Å². The van der Waals surface area contributed by atoms with Gasteiger partial charge in [0, 0.05) is 24.7 Å². The van der Waals surface area contributed by atoms with Crippen LogP contribution in [0.1, 0.15) is 30.5 Å². The predicted molar refractivity (Wildman–Crippen MR) is 147 cm³/mol. The Morgan fingerprint density at radius 3 is 2.58 bits per heavy atom. The minimum Gasteiger partial charge on any atom is -0.475 e. The summed E-state index contributed by atoms with van der Waals surface area (Å²) in [5.74, 6) is -1.31. The first-order chi connectivity index (χ1) is 19.5. The molecule has 0 amide bonds. The zero-order valence-electron chi connectivity index (χ0n) is 24.5. The predicted octanol–water partition coefficient (Wildman–Crippen LogP) is 0.982. The van der Waals surface area contributed by atoms with Gasteiger partial charge >= 0.3 is 81.1 Å². The minimum absolute atomic E-state index is 0. The Hall–Kier alpha value is -1.54. The maximum Gasteiger partial charge on any atom is 1.00 e. The molecule has 0 saturated carbocycles. The van der Waals surface area contributed by atoms with Gasteiger partial charge in [0.1, 0.15) is 41.0 Å². The number of ether oxygens (including phenoxy) is 2. The van der Waals surface area contributed by atoms with Crippen LogP contribution in [0.3, 0.4) is 0 Å². The number of aromatic nitrogens is 4. The summed E-state index contributed by atoms with van der Waals surface area (Å²) in [6, 6.07) is 1.31. The Morgan fingerprint density at radius 2 is 1.93 bits per heavy atom. The number of hydrogen-bond donors (Lipinski definition) is 2. The number of aliphatic hydroxyl groups is 1. The van der Waals surface area contributed by atoms with Crippen molar-refractivity contribution in [1.82, 2.24) is 24.8 Å². The van der Waals surface area contributed by atoms with Crippen molar-refractivity contribution in [1.29, 1.82) is 0 Å². The zero-order valence-corrected chi connectivity index (χ0v) is 30.8. The van der Waals surface area contributed by atoms with Gasteiger partial charge in [0.2, 0.25) is 5.88 Å². The summed E-state index contributed by atoms with van der Waals surface area (Å²) < 4.78 is 80.4. The standard InChI is InChI=1S/C19H18F4N6O3.C7H12FN.CH3.Cs/c1-8-12(19(21,22)23)9(7-10(24)25-8)14-13(20)15-11-16(28-18(27-15)31-2)29(3-5-30)4-6-32-17(11)26-14;8-6-4-7-2-1-3-9(7)5-6;;/h7,30H,3-6H2,1-2H3,(H2,24,25);6-7H,1-5H2;1H3;/q;;-1;+1. The van der Waals surface area contributed by atoms with Crippen molar-refractivity contribution in [3.8, 4) is 23.1 Å². The zero-order chi connectivity index (χ0) is 29.5. The van der Waals surface area contributed by atoms with Gasteiger partial charge in [0.25, 0.3) is 0 Å². The van der Waals surface area contributed by atoms with E-state index in [1.807, 2.05) is 0 Å². The van der Waals surface area contributed by atoms with Gasteiger partial charge in [-0.15, -0.1) is 0 Å². The van der Waals surface area contributed by atoms with E-state index in [1.165, 1.54) is 20.0 Å². The minimum atomic E-state index is -4.84. The summed E-state index contributed by atoms with van der Waals surface area (Å²) in [5.41, 5.74) is 2.52. The third-order valence-corrected chi connectivity index (χ3v) is 7.38. The fourth-order valence-corrected chi connectivity index (χ4v) is 5.67. The van der Waals surface area contributed by atoms with Crippen molar-refractivity contribution >= 4 is 22.5 Å². The molecule has 0 aromatic carbocycles. The smallest absolute Gasteiger partial charge is 0.475 e. The molecule has 0 spiro atoms. The molecule has 230 valence electrons. The van der Waals surface area contributed by atoms with E-state index in [9.17, 15) is 22.7 Å². The average molecular weight is 732 g/mol. The molecule has 3 aliphatic heterocycles. The van der Waals surface area contributed by atoms with Crippen molar-refractivity contribution in [2.75, 3.05) is 57.1 Å². The second-order valence-electron chi connectivity index (χ2n) is 10.1. The third-order valence-electron chi connectivity index (χ3n) is 7.38. The van der Waals surface area contributed by atoms with Gasteiger partial charge in [0.15, 0.2) is 5.82 Å². The van der Waals surface area contributed by atoms with E-state index in [0.717, 1.165) is 26.0 Å². The van der Waals surface area contributed by atoms with Gasteiger partial charge in [0.05, 0.1) is 31.5 Å². The van der Waals surface area contributed by atoms with Gasteiger partial charge in [-0.2, -0.15) is 23.1 Å². The molecule has 3 aliphatic rings. The number of rotatable bonds is 4. The molecule has 3 aromatic rings. The quantitative estimate of drug-likeness (QED) is 0.297. The van der Waals surface area contributed by atoms with Crippen LogP contribution in [0.2, 0.25) is 0 Å². The number of aryl methyl sites for hydroxylation is 1. The van der Waals surface area contributed by atoms with Crippen LogP contribution >= 0.6 is 0 Å². The molecular weight excluding hydrogens is 698 g/mol. The number of hydrogen-bond acceptors (Lipinski definition) is 10. The number of alkyl halides is 4. The fourth-order valence-electron chi connectivity index (χ4n) is 5.67. The SMILES string of the molecule is COc1nc2c3c(nc(-c4cc(N)nc(C)c4C(F)(F)F)c(F)c3n1)OCCN2CCO.FC1CC2CCCN2C1.[CH3-].[Cs+]. The molecule has 0 bridgehead atoms. The van der Waals surface area contributed by atoms with Crippen LogP contribution in [0.25, 0.3) is 22.2 Å². The second-order valence-corrected chi connectivity index (χ2v) is 10.1. The number of methoxy groups -OCH3 is 1. The second kappa shape index (κ2) is 14.7. The average Bonchev–Trinajstić information content (AvgIpc) is 3.43. The normalized spacial score (nSPS) is 19.4. The van der Waals surface area contributed by atoms with E-state index in [-0.39, 0.29) is 137 Å². The number of fused-ring (bicyclic) bond motifs is 1. The third kappa shape index (κ3) is 7.48. The molecule has 2 saturated heterocycles. The molecule has 2 unspecified atom stereocenters. The van der Waals surface area contributed by atoms with Gasteiger partial charge in [-0.1, -0.05) is 0 Å². The van der Waals surface area contributed by atoms with E-state index in [0.29, 0.717) is 12.6 Å². The van der Waals surface area contributed by atoms with E-state index >= 15 is 4.39 Å². The Labute approximate surface area is 305 Å². The maximum atomic E-state index is 15.7. The van der Waals surface area contributed by atoms with Gasteiger partial charge in [-0.25, -0.2) is 18.7 Å². The molecular formula is C27H33CsF5N7O3. The van der Waals surface area contributed by atoms with Crippen molar-refractivity contribution < 1.29 is 105 Å². The summed E-state index contributed by atoms with van der Waals surface area (Å²) in [6.07, 6.45) is -2.03. The van der Waals surface area contributed by atoms with E-state index in [2.05, 4.69) is 24.8 Å². The molecule has 6 heterocycles. The Bertz CT molecular complexity index is 1440. The molecule has 6 rings (SSSR count). The van der Waals surface area contributed by atoms with Gasteiger partial charge in [-0.05, 0) is 38.8 Å². The molecule has 3 N–H and O–H groups in total. The van der Waals surface area contributed by atoms with E-state index in [4.69, 9.17) is 15.2 Å². The molecule has 2 atom stereocenters. The van der Waals surface area contributed by atoms with Crippen LogP contribution in [-0.2, 0) is 6.18 Å². The largest absolute Gasteiger partial charge is 1.00 e.